The first-order valence-electron chi connectivity index (χ1n) is 6.47. The second-order valence-electron chi connectivity index (χ2n) is 4.85. The van der Waals surface area contributed by atoms with Crippen LogP contribution in [-0.4, -0.2) is 19.3 Å². The van der Waals surface area contributed by atoms with E-state index in [2.05, 4.69) is 26.0 Å². The molecule has 110 valence electrons. The van der Waals surface area contributed by atoms with Crippen LogP contribution in [0.2, 0.25) is 0 Å². The van der Waals surface area contributed by atoms with Gasteiger partial charge in [-0.25, -0.2) is 9.37 Å². The standard InChI is InChI=1S/C14H13BrClFN4/c1-9-7-18-20(8-9)2-3-21-13-4-10(15)11(17)5-12(13)19-14(21)6-16/h4-5,7-8H,2-3,6H2,1H3. The first-order valence-corrected chi connectivity index (χ1v) is 7.80. The van der Waals surface area contributed by atoms with Crippen molar-refractivity contribution in [3.8, 4) is 0 Å². The molecule has 3 rings (SSSR count). The second kappa shape index (κ2) is 5.77. The molecular formula is C14H13BrClFN4. The van der Waals surface area contributed by atoms with E-state index in [0.29, 0.717) is 23.1 Å². The van der Waals surface area contributed by atoms with Gasteiger partial charge in [-0.15, -0.1) is 11.6 Å². The van der Waals surface area contributed by atoms with E-state index in [0.717, 1.165) is 16.9 Å². The largest absolute Gasteiger partial charge is 0.325 e. The van der Waals surface area contributed by atoms with Crippen LogP contribution in [0.15, 0.2) is 29.0 Å². The smallest absolute Gasteiger partial charge is 0.139 e. The van der Waals surface area contributed by atoms with Crippen molar-refractivity contribution in [2.24, 2.45) is 0 Å². The third-order valence-corrected chi connectivity index (χ3v) is 4.15. The number of halogens is 3. The van der Waals surface area contributed by atoms with Gasteiger partial charge in [-0.05, 0) is 34.5 Å². The second-order valence-corrected chi connectivity index (χ2v) is 5.97. The highest BCUT2D eigenvalue weighted by molar-refractivity contribution is 9.10. The fourth-order valence-corrected chi connectivity index (χ4v) is 2.85. The molecule has 4 nitrogen and oxygen atoms in total. The SMILES string of the molecule is Cc1cnn(CCn2c(CCl)nc3cc(F)c(Br)cc32)c1. The zero-order valence-electron chi connectivity index (χ0n) is 11.4. The summed E-state index contributed by atoms with van der Waals surface area (Å²) in [5.74, 6) is 0.690. The van der Waals surface area contributed by atoms with Crippen LogP contribution in [0.3, 0.4) is 0 Å². The van der Waals surface area contributed by atoms with Gasteiger partial charge in [-0.3, -0.25) is 4.68 Å². The van der Waals surface area contributed by atoms with Crippen LogP contribution in [0, 0.1) is 12.7 Å². The third-order valence-electron chi connectivity index (χ3n) is 3.30. The molecule has 0 aliphatic heterocycles. The fraction of sp³-hybridized carbons (Fsp3) is 0.286. The Morgan fingerprint density at radius 2 is 2.14 bits per heavy atom. The van der Waals surface area contributed by atoms with Crippen LogP contribution >= 0.6 is 27.5 Å². The molecule has 0 amide bonds. The van der Waals surface area contributed by atoms with E-state index in [1.807, 2.05) is 28.6 Å². The van der Waals surface area contributed by atoms with Gasteiger partial charge in [-0.2, -0.15) is 5.10 Å². The Labute approximate surface area is 134 Å². The van der Waals surface area contributed by atoms with Gasteiger partial charge in [0.25, 0.3) is 0 Å². The highest BCUT2D eigenvalue weighted by Crippen LogP contribution is 2.25. The van der Waals surface area contributed by atoms with Gasteiger partial charge in [0.15, 0.2) is 0 Å². The minimum atomic E-state index is -0.323. The average Bonchev–Trinajstić information content (AvgIpc) is 3.01. The summed E-state index contributed by atoms with van der Waals surface area (Å²) in [6.07, 6.45) is 3.80. The summed E-state index contributed by atoms with van der Waals surface area (Å²) in [5, 5.41) is 4.26. The van der Waals surface area contributed by atoms with Crippen LogP contribution in [0.1, 0.15) is 11.4 Å². The van der Waals surface area contributed by atoms with Gasteiger partial charge in [0.05, 0.1) is 34.1 Å². The zero-order chi connectivity index (χ0) is 15.0. The number of nitrogens with zero attached hydrogens (tertiary/aromatic N) is 4. The van der Waals surface area contributed by atoms with Gasteiger partial charge >= 0.3 is 0 Å². The normalized spacial score (nSPS) is 11.4. The Kier molecular flexibility index (Phi) is 3.99. The molecule has 0 radical (unpaired) electrons. The molecule has 7 heteroatoms. The third kappa shape index (κ3) is 2.82. The quantitative estimate of drug-likeness (QED) is 0.652. The lowest BCUT2D eigenvalue weighted by molar-refractivity contribution is 0.532. The lowest BCUT2D eigenvalue weighted by Gasteiger charge is -2.08. The monoisotopic (exact) mass is 370 g/mol. The number of hydrogen-bond acceptors (Lipinski definition) is 2. The molecule has 0 saturated heterocycles. The molecule has 0 aliphatic rings. The van der Waals surface area contributed by atoms with E-state index in [1.54, 1.807) is 6.07 Å². The molecule has 0 saturated carbocycles. The molecule has 0 atom stereocenters. The van der Waals surface area contributed by atoms with E-state index in [4.69, 9.17) is 11.6 Å². The van der Waals surface area contributed by atoms with Crippen molar-refractivity contribution < 1.29 is 4.39 Å². The lowest BCUT2D eigenvalue weighted by atomic mass is 10.3. The number of benzene rings is 1. The fourth-order valence-electron chi connectivity index (χ4n) is 2.31. The molecule has 0 fully saturated rings. The predicted molar refractivity (Wildman–Crippen MR) is 83.9 cm³/mol. The maximum absolute atomic E-state index is 13.6. The summed E-state index contributed by atoms with van der Waals surface area (Å²) < 4.78 is 17.9. The molecule has 1 aromatic carbocycles. The van der Waals surface area contributed by atoms with Gasteiger partial charge in [-0.1, -0.05) is 0 Å². The molecule has 0 unspecified atom stereocenters. The zero-order valence-corrected chi connectivity index (χ0v) is 13.7. The highest BCUT2D eigenvalue weighted by Gasteiger charge is 2.13. The van der Waals surface area contributed by atoms with Crippen molar-refractivity contribution in [2.45, 2.75) is 25.9 Å². The minimum absolute atomic E-state index is 0.284. The highest BCUT2D eigenvalue weighted by atomic mass is 79.9. The van der Waals surface area contributed by atoms with Crippen molar-refractivity contribution in [2.75, 3.05) is 0 Å². The number of alkyl halides is 1. The van der Waals surface area contributed by atoms with Crippen molar-refractivity contribution >= 4 is 38.6 Å². The summed E-state index contributed by atoms with van der Waals surface area (Å²) in [6.45, 7) is 3.39. The molecule has 0 aliphatic carbocycles. The number of imidazole rings is 1. The topological polar surface area (TPSA) is 35.6 Å². The molecule has 2 heterocycles. The molecular weight excluding hydrogens is 359 g/mol. The Hall–Kier alpha value is -1.40. The first kappa shape index (κ1) is 14.5. The minimum Gasteiger partial charge on any atom is -0.325 e. The molecule has 0 bridgehead atoms. The Morgan fingerprint density at radius 3 is 2.81 bits per heavy atom. The van der Waals surface area contributed by atoms with Gasteiger partial charge in [0, 0.05) is 18.8 Å². The van der Waals surface area contributed by atoms with Crippen LogP contribution in [0.5, 0.6) is 0 Å². The van der Waals surface area contributed by atoms with Gasteiger partial charge in [0.2, 0.25) is 0 Å². The summed E-state index contributed by atoms with van der Waals surface area (Å²) in [4.78, 5) is 4.39. The van der Waals surface area contributed by atoms with Crippen LogP contribution in [0.25, 0.3) is 11.0 Å². The Balaban J connectivity index is 1.97. The number of fused-ring (bicyclic) bond motifs is 1. The van der Waals surface area contributed by atoms with Crippen LogP contribution in [0.4, 0.5) is 4.39 Å². The number of aryl methyl sites for hydroxylation is 3. The molecule has 0 N–H and O–H groups in total. The van der Waals surface area contributed by atoms with E-state index in [-0.39, 0.29) is 11.7 Å². The van der Waals surface area contributed by atoms with Gasteiger partial charge in [0.1, 0.15) is 11.6 Å². The van der Waals surface area contributed by atoms with Crippen molar-refractivity contribution in [3.63, 3.8) is 0 Å². The lowest BCUT2D eigenvalue weighted by Crippen LogP contribution is -2.10. The Bertz CT molecular complexity index is 796. The average molecular weight is 372 g/mol. The number of aromatic nitrogens is 4. The predicted octanol–water partition coefficient (Wildman–Crippen LogP) is 3.88. The first-order chi connectivity index (χ1) is 10.1. The number of rotatable bonds is 4. The van der Waals surface area contributed by atoms with Crippen LogP contribution < -0.4 is 0 Å². The van der Waals surface area contributed by atoms with Crippen molar-refractivity contribution in [1.82, 2.24) is 19.3 Å². The van der Waals surface area contributed by atoms with E-state index < -0.39 is 0 Å². The van der Waals surface area contributed by atoms with E-state index >= 15 is 0 Å². The van der Waals surface area contributed by atoms with Crippen molar-refractivity contribution in [1.29, 1.82) is 0 Å². The van der Waals surface area contributed by atoms with E-state index in [9.17, 15) is 4.39 Å². The Morgan fingerprint density at radius 1 is 1.33 bits per heavy atom. The summed E-state index contributed by atoms with van der Waals surface area (Å²) in [5.41, 5.74) is 2.60. The van der Waals surface area contributed by atoms with Crippen LogP contribution in [-0.2, 0) is 19.0 Å². The molecule has 2 aromatic heterocycles. The van der Waals surface area contributed by atoms with E-state index in [1.165, 1.54) is 6.07 Å². The summed E-state index contributed by atoms with van der Waals surface area (Å²) in [6, 6.07) is 3.16. The summed E-state index contributed by atoms with van der Waals surface area (Å²) >= 11 is 9.17. The summed E-state index contributed by atoms with van der Waals surface area (Å²) in [7, 11) is 0. The maximum atomic E-state index is 13.6. The molecule has 0 spiro atoms. The maximum Gasteiger partial charge on any atom is 0.139 e. The number of hydrogen-bond donors (Lipinski definition) is 0. The van der Waals surface area contributed by atoms with Crippen molar-refractivity contribution in [3.05, 3.63) is 46.2 Å². The molecule has 3 aromatic rings. The molecule has 21 heavy (non-hydrogen) atoms. The van der Waals surface area contributed by atoms with Gasteiger partial charge < -0.3 is 4.57 Å².